The van der Waals surface area contributed by atoms with Crippen molar-refractivity contribution < 1.29 is 4.52 Å². The van der Waals surface area contributed by atoms with Crippen molar-refractivity contribution in [3.05, 3.63) is 69.9 Å². The molecule has 0 amide bonds. The van der Waals surface area contributed by atoms with E-state index in [0.717, 1.165) is 47.3 Å². The Balaban J connectivity index is 1.41. The number of piperidine rings is 1. The number of hydrogen-bond donors (Lipinski definition) is 0. The molecule has 3 aromatic heterocycles. The fraction of sp³-hybridized carbons (Fsp3) is 0.364. The van der Waals surface area contributed by atoms with Gasteiger partial charge < -0.3 is 4.52 Å². The summed E-state index contributed by atoms with van der Waals surface area (Å²) in [4.78, 5) is 7.94. The largest absolute Gasteiger partial charge is 0.339 e. The summed E-state index contributed by atoms with van der Waals surface area (Å²) >= 11 is 7.57. The molecular formula is C22H24N6OS2. The monoisotopic (exact) mass is 452 g/mol. The van der Waals surface area contributed by atoms with Crippen molar-refractivity contribution in [1.82, 2.24) is 29.4 Å². The zero-order valence-corrected chi connectivity index (χ0v) is 19.0. The van der Waals surface area contributed by atoms with E-state index in [9.17, 15) is 0 Å². The van der Waals surface area contributed by atoms with E-state index in [1.54, 1.807) is 11.3 Å². The molecule has 0 N–H and O–H groups in total. The minimum atomic E-state index is 0.257. The van der Waals surface area contributed by atoms with E-state index in [-0.39, 0.29) is 5.92 Å². The topological polar surface area (TPSA) is 64.9 Å². The molecule has 9 heteroatoms. The van der Waals surface area contributed by atoms with E-state index < -0.39 is 0 Å². The van der Waals surface area contributed by atoms with E-state index >= 15 is 0 Å². The Bertz CT molecular complexity index is 1190. The van der Waals surface area contributed by atoms with E-state index in [0.29, 0.717) is 19.0 Å². The maximum Gasteiger partial charge on any atom is 0.231 e. The molecule has 1 atom stereocenters. The Labute approximate surface area is 189 Å². The minimum Gasteiger partial charge on any atom is -0.339 e. The molecule has 0 radical (unpaired) electrons. The van der Waals surface area contributed by atoms with Crippen molar-refractivity contribution in [1.29, 1.82) is 0 Å². The fourth-order valence-electron chi connectivity index (χ4n) is 4.08. The van der Waals surface area contributed by atoms with E-state index in [1.165, 1.54) is 5.56 Å². The number of rotatable bonds is 6. The third-order valence-corrected chi connectivity index (χ3v) is 6.88. The van der Waals surface area contributed by atoms with E-state index in [4.69, 9.17) is 21.8 Å². The first-order valence-corrected chi connectivity index (χ1v) is 11.7. The van der Waals surface area contributed by atoms with Crippen molar-refractivity contribution in [2.45, 2.75) is 38.9 Å². The predicted molar refractivity (Wildman–Crippen MR) is 122 cm³/mol. The van der Waals surface area contributed by atoms with Gasteiger partial charge in [0.2, 0.25) is 5.89 Å². The van der Waals surface area contributed by atoms with Crippen molar-refractivity contribution in [2.75, 3.05) is 13.1 Å². The molecule has 5 rings (SSSR count). The molecule has 31 heavy (non-hydrogen) atoms. The van der Waals surface area contributed by atoms with Crippen LogP contribution in [0, 0.1) is 11.7 Å². The molecule has 7 nitrogen and oxygen atoms in total. The Kier molecular flexibility index (Phi) is 5.80. The molecule has 4 aromatic rings. The molecule has 1 aliphatic heterocycles. The molecule has 4 heterocycles. The second kappa shape index (κ2) is 8.86. The number of aryl methyl sites for hydroxylation is 1. The van der Waals surface area contributed by atoms with Crippen molar-refractivity contribution in [2.24, 2.45) is 0 Å². The van der Waals surface area contributed by atoms with Gasteiger partial charge in [0.15, 0.2) is 16.4 Å². The van der Waals surface area contributed by atoms with Crippen LogP contribution in [-0.4, -0.2) is 42.5 Å². The van der Waals surface area contributed by atoms with Gasteiger partial charge in [0, 0.05) is 6.54 Å². The lowest BCUT2D eigenvalue weighted by Crippen LogP contribution is -2.36. The van der Waals surface area contributed by atoms with Gasteiger partial charge in [0.25, 0.3) is 0 Å². The Hall–Kier alpha value is -2.62. The van der Waals surface area contributed by atoms with Gasteiger partial charge in [-0.1, -0.05) is 41.6 Å². The average Bonchev–Trinajstić information content (AvgIpc) is 3.53. The van der Waals surface area contributed by atoms with Gasteiger partial charge >= 0.3 is 0 Å². The van der Waals surface area contributed by atoms with Crippen molar-refractivity contribution >= 4 is 23.6 Å². The van der Waals surface area contributed by atoms with Crippen molar-refractivity contribution in [3.8, 4) is 10.7 Å². The van der Waals surface area contributed by atoms with Gasteiger partial charge in [-0.25, -0.2) is 4.68 Å². The summed E-state index contributed by atoms with van der Waals surface area (Å²) in [5.74, 6) is 2.60. The smallest absolute Gasteiger partial charge is 0.231 e. The van der Waals surface area contributed by atoms with Gasteiger partial charge in [-0.05, 0) is 55.5 Å². The molecule has 0 aliphatic carbocycles. The quantitative estimate of drug-likeness (QED) is 0.395. The lowest BCUT2D eigenvalue weighted by molar-refractivity contribution is 0.143. The Morgan fingerprint density at radius 3 is 2.81 bits per heavy atom. The lowest BCUT2D eigenvalue weighted by atomic mass is 9.98. The Morgan fingerprint density at radius 2 is 2.06 bits per heavy atom. The fourth-order valence-corrected chi connectivity index (χ4v) is 5.05. The maximum atomic E-state index is 5.88. The summed E-state index contributed by atoms with van der Waals surface area (Å²) in [6, 6.07) is 14.5. The number of hydrogen-bond acceptors (Lipinski definition) is 7. The lowest BCUT2D eigenvalue weighted by Gasteiger charge is -2.30. The van der Waals surface area contributed by atoms with Crippen LogP contribution < -0.4 is 0 Å². The van der Waals surface area contributed by atoms with Crippen LogP contribution in [0.1, 0.15) is 36.0 Å². The highest BCUT2D eigenvalue weighted by Crippen LogP contribution is 2.27. The summed E-state index contributed by atoms with van der Waals surface area (Å²) < 4.78 is 10.3. The van der Waals surface area contributed by atoms with Crippen LogP contribution in [0.15, 0.2) is 52.4 Å². The van der Waals surface area contributed by atoms with Crippen LogP contribution >= 0.6 is 23.6 Å². The molecule has 1 aromatic carbocycles. The second-order valence-electron chi connectivity index (χ2n) is 7.89. The SMILES string of the molecule is Cc1noc(C2CCCN(Cn3nc(-c4cccs4)n(Cc4ccccc4)c3=S)C2)n1. The van der Waals surface area contributed by atoms with Crippen LogP contribution in [0.3, 0.4) is 0 Å². The number of nitrogens with zero attached hydrogens (tertiary/aromatic N) is 6. The number of aromatic nitrogens is 5. The zero-order valence-electron chi connectivity index (χ0n) is 17.3. The number of benzene rings is 1. The predicted octanol–water partition coefficient (Wildman–Crippen LogP) is 4.72. The van der Waals surface area contributed by atoms with Gasteiger partial charge in [-0.3, -0.25) is 9.47 Å². The molecule has 1 aliphatic rings. The molecule has 0 saturated carbocycles. The Morgan fingerprint density at radius 1 is 1.19 bits per heavy atom. The molecule has 0 spiro atoms. The third-order valence-electron chi connectivity index (χ3n) is 5.58. The zero-order chi connectivity index (χ0) is 21.2. The van der Waals surface area contributed by atoms with Gasteiger partial charge in [-0.2, -0.15) is 4.98 Å². The van der Waals surface area contributed by atoms with Crippen LogP contribution in [0.25, 0.3) is 10.7 Å². The second-order valence-corrected chi connectivity index (χ2v) is 9.21. The van der Waals surface area contributed by atoms with Crippen LogP contribution in [0.2, 0.25) is 0 Å². The first kappa shape index (κ1) is 20.3. The normalized spacial score (nSPS) is 17.3. The molecule has 1 unspecified atom stereocenters. The summed E-state index contributed by atoms with van der Waals surface area (Å²) in [5.41, 5.74) is 1.21. The first-order chi connectivity index (χ1) is 15.2. The summed E-state index contributed by atoms with van der Waals surface area (Å²) in [5, 5.41) is 11.0. The third kappa shape index (κ3) is 4.39. The summed E-state index contributed by atoms with van der Waals surface area (Å²) in [6.07, 6.45) is 2.15. The summed E-state index contributed by atoms with van der Waals surface area (Å²) in [7, 11) is 0. The molecule has 1 fully saturated rings. The molecule has 1 saturated heterocycles. The van der Waals surface area contributed by atoms with Crippen LogP contribution in [-0.2, 0) is 13.2 Å². The highest BCUT2D eigenvalue weighted by Gasteiger charge is 2.26. The molecule has 160 valence electrons. The van der Waals surface area contributed by atoms with Crippen molar-refractivity contribution in [3.63, 3.8) is 0 Å². The highest BCUT2D eigenvalue weighted by atomic mass is 32.1. The van der Waals surface area contributed by atoms with Crippen LogP contribution in [0.4, 0.5) is 0 Å². The first-order valence-electron chi connectivity index (χ1n) is 10.5. The summed E-state index contributed by atoms with van der Waals surface area (Å²) in [6.45, 7) is 5.09. The standard InChI is InChI=1S/C22H24N6OS2/c1-16-23-21(29-25-16)18-9-5-11-26(14-18)15-28-22(30)27(13-17-7-3-2-4-8-17)20(24-28)19-10-6-12-31-19/h2-4,6-8,10,12,18H,5,9,11,13-15H2,1H3. The van der Waals surface area contributed by atoms with Crippen LogP contribution in [0.5, 0.6) is 0 Å². The van der Waals surface area contributed by atoms with E-state index in [1.807, 2.05) is 17.7 Å². The van der Waals surface area contributed by atoms with E-state index in [2.05, 4.69) is 61.4 Å². The van der Waals surface area contributed by atoms with Gasteiger partial charge in [0.1, 0.15) is 0 Å². The maximum absolute atomic E-state index is 5.88. The van der Waals surface area contributed by atoms with Gasteiger partial charge in [0.05, 0.1) is 24.0 Å². The molecular weight excluding hydrogens is 428 g/mol. The highest BCUT2D eigenvalue weighted by molar-refractivity contribution is 7.71. The van der Waals surface area contributed by atoms with Gasteiger partial charge in [-0.15, -0.1) is 16.4 Å². The average molecular weight is 453 g/mol. The molecule has 0 bridgehead atoms. The number of thiophene rings is 1. The minimum absolute atomic E-state index is 0.257. The number of likely N-dealkylation sites (tertiary alicyclic amines) is 1.